The molecule has 0 bridgehead atoms. The highest BCUT2D eigenvalue weighted by Crippen LogP contribution is 2.57. The molecule has 0 saturated carbocycles. The van der Waals surface area contributed by atoms with Gasteiger partial charge < -0.3 is 23.8 Å². The zero-order chi connectivity index (χ0) is 23.2. The van der Waals surface area contributed by atoms with Crippen LogP contribution in [-0.2, 0) is 44.1 Å². The fourth-order valence-electron chi connectivity index (χ4n) is 2.88. The number of amides is 1. The number of hydrogen-bond acceptors (Lipinski definition) is 10. The summed E-state index contributed by atoms with van der Waals surface area (Å²) in [7, 11) is -2.46. The molecule has 0 radical (unpaired) electrons. The first kappa shape index (κ1) is 25.0. The Morgan fingerprint density at radius 2 is 2.10 bits per heavy atom. The molecule has 2 heterocycles. The van der Waals surface area contributed by atoms with E-state index in [4.69, 9.17) is 18.3 Å². The van der Waals surface area contributed by atoms with Crippen molar-refractivity contribution in [2.24, 2.45) is 11.3 Å². The Morgan fingerprint density at radius 1 is 1.39 bits per heavy atom. The highest BCUT2D eigenvalue weighted by atomic mass is 31.2. The largest absolute Gasteiger partial charge is 0.469 e. The van der Waals surface area contributed by atoms with Crippen LogP contribution in [0.2, 0.25) is 0 Å². The molecule has 1 aliphatic rings. The monoisotopic (exact) mass is 460 g/mol. The van der Waals surface area contributed by atoms with E-state index in [9.17, 15) is 18.9 Å². The number of esters is 2. The van der Waals surface area contributed by atoms with Gasteiger partial charge in [0, 0.05) is 18.0 Å². The molecule has 1 saturated heterocycles. The molecule has 1 aliphatic heterocycles. The first-order chi connectivity index (χ1) is 14.5. The van der Waals surface area contributed by atoms with Crippen molar-refractivity contribution in [3.8, 4) is 0 Å². The first-order valence-electron chi connectivity index (χ1n) is 9.81. The van der Waals surface area contributed by atoms with Crippen molar-refractivity contribution in [3.05, 3.63) is 17.5 Å². The van der Waals surface area contributed by atoms with Crippen molar-refractivity contribution >= 4 is 25.4 Å². The number of ether oxygens (including phenoxy) is 2. The van der Waals surface area contributed by atoms with Gasteiger partial charge in [0.05, 0.1) is 32.2 Å². The zero-order valence-corrected chi connectivity index (χ0v) is 19.2. The van der Waals surface area contributed by atoms with Gasteiger partial charge in [0.1, 0.15) is 18.1 Å². The summed E-state index contributed by atoms with van der Waals surface area (Å²) in [5.41, 5.74) is -0.276. The molecule has 12 heteroatoms. The van der Waals surface area contributed by atoms with Crippen LogP contribution in [0.1, 0.15) is 38.6 Å². The van der Waals surface area contributed by atoms with Gasteiger partial charge in [0.15, 0.2) is 6.10 Å². The maximum Gasteiger partial charge on any atom is 0.332 e. The average molecular weight is 460 g/mol. The number of nitrogens with one attached hydrogen (secondary N) is 1. The Kier molecular flexibility index (Phi) is 8.39. The quantitative estimate of drug-likeness (QED) is 0.429. The normalized spacial score (nSPS) is 23.6. The van der Waals surface area contributed by atoms with Gasteiger partial charge in [0.2, 0.25) is 5.91 Å². The lowest BCUT2D eigenvalue weighted by Crippen LogP contribution is -2.50. The second-order valence-corrected chi connectivity index (χ2v) is 10.2. The van der Waals surface area contributed by atoms with Gasteiger partial charge in [0.25, 0.3) is 0 Å². The second kappa shape index (κ2) is 10.4. The Balaban J connectivity index is 1.85. The molecular formula is C19H29N2O9P. The molecule has 3 atom stereocenters. The van der Waals surface area contributed by atoms with Crippen LogP contribution in [0.3, 0.4) is 0 Å². The maximum atomic E-state index is 13.0. The summed E-state index contributed by atoms with van der Waals surface area (Å²) in [5, 5.41) is 6.32. The van der Waals surface area contributed by atoms with E-state index >= 15 is 0 Å². The van der Waals surface area contributed by atoms with E-state index in [1.54, 1.807) is 33.8 Å². The molecule has 174 valence electrons. The summed E-state index contributed by atoms with van der Waals surface area (Å²) in [6.45, 7) is 6.73. The molecule has 0 aromatic carbocycles. The molecule has 11 nitrogen and oxygen atoms in total. The summed E-state index contributed by atoms with van der Waals surface area (Å²) < 4.78 is 38.5. The minimum atomic E-state index is -3.69. The van der Waals surface area contributed by atoms with Crippen LogP contribution in [-0.4, -0.2) is 55.5 Å². The molecule has 1 N–H and O–H groups in total. The fourth-order valence-corrected chi connectivity index (χ4v) is 5.18. The van der Waals surface area contributed by atoms with Crippen molar-refractivity contribution in [3.63, 3.8) is 0 Å². The predicted molar refractivity (Wildman–Crippen MR) is 107 cm³/mol. The molecule has 1 aromatic rings. The Bertz CT molecular complexity index is 851. The van der Waals surface area contributed by atoms with Crippen LogP contribution >= 0.6 is 7.60 Å². The van der Waals surface area contributed by atoms with Gasteiger partial charge in [-0.2, -0.15) is 0 Å². The minimum absolute atomic E-state index is 0.00910. The van der Waals surface area contributed by atoms with E-state index in [2.05, 4.69) is 15.2 Å². The number of nitrogens with zero attached hydrogens (tertiary/aromatic N) is 1. The van der Waals surface area contributed by atoms with E-state index in [0.717, 1.165) is 0 Å². The lowest BCUT2D eigenvalue weighted by atomic mass is 9.87. The van der Waals surface area contributed by atoms with Crippen LogP contribution in [0.25, 0.3) is 0 Å². The maximum absolute atomic E-state index is 13.0. The fraction of sp³-hybridized carbons (Fsp3) is 0.684. The van der Waals surface area contributed by atoms with E-state index in [1.807, 2.05) is 0 Å². The van der Waals surface area contributed by atoms with Crippen molar-refractivity contribution in [2.45, 2.75) is 46.8 Å². The molecule has 1 amide bonds. The van der Waals surface area contributed by atoms with E-state index in [-0.39, 0.29) is 32.3 Å². The van der Waals surface area contributed by atoms with Crippen molar-refractivity contribution < 1.29 is 42.0 Å². The molecule has 0 spiro atoms. The number of carbonyl (C=O) groups excluding carboxylic acids is 3. The zero-order valence-electron chi connectivity index (χ0n) is 18.3. The molecule has 1 aromatic heterocycles. The van der Waals surface area contributed by atoms with Crippen molar-refractivity contribution in [1.29, 1.82) is 0 Å². The minimum Gasteiger partial charge on any atom is -0.469 e. The summed E-state index contributed by atoms with van der Waals surface area (Å²) >= 11 is 0. The third-order valence-electron chi connectivity index (χ3n) is 4.63. The second-order valence-electron chi connectivity index (χ2n) is 8.10. The van der Waals surface area contributed by atoms with Gasteiger partial charge >= 0.3 is 19.5 Å². The number of rotatable bonds is 9. The van der Waals surface area contributed by atoms with Crippen molar-refractivity contribution in [2.75, 3.05) is 26.4 Å². The van der Waals surface area contributed by atoms with Gasteiger partial charge in [-0.05, 0) is 6.92 Å². The summed E-state index contributed by atoms with van der Waals surface area (Å²) in [5.74, 6) is -1.71. The highest BCUT2D eigenvalue weighted by Gasteiger charge is 2.48. The topological polar surface area (TPSA) is 143 Å². The molecule has 1 fully saturated rings. The standard InChI is InChI=1S/C19H29N2O9P/c1-12(18(24)26-5)10-31(25)28-11-19(3,4)16(30-31)17(23)20-7-6-15(22)27-9-14-8-13(2)29-21-14/h8,12,16H,6-7,9-11H2,1-5H3,(H,20,23)/t12-,16+,31?/m1/s1. The highest BCUT2D eigenvalue weighted by molar-refractivity contribution is 7.54. The molecular weight excluding hydrogens is 431 g/mol. The predicted octanol–water partition coefficient (Wildman–Crippen LogP) is 1.98. The summed E-state index contributed by atoms with van der Waals surface area (Å²) in [6.07, 6.45) is -1.34. The summed E-state index contributed by atoms with van der Waals surface area (Å²) in [6, 6.07) is 1.65. The lowest BCUT2D eigenvalue weighted by Gasteiger charge is -2.40. The van der Waals surface area contributed by atoms with E-state index < -0.39 is 42.9 Å². The van der Waals surface area contributed by atoms with Crippen LogP contribution in [0, 0.1) is 18.3 Å². The molecule has 1 unspecified atom stereocenters. The van der Waals surface area contributed by atoms with Crippen LogP contribution in [0.15, 0.2) is 10.6 Å². The number of methoxy groups -OCH3 is 1. The first-order valence-corrected chi connectivity index (χ1v) is 11.5. The Hall–Kier alpha value is -2.23. The van der Waals surface area contributed by atoms with Crippen molar-refractivity contribution in [1.82, 2.24) is 10.5 Å². The average Bonchev–Trinajstić information content (AvgIpc) is 3.13. The van der Waals surface area contributed by atoms with Gasteiger partial charge in [-0.3, -0.25) is 23.5 Å². The van der Waals surface area contributed by atoms with Crippen LogP contribution < -0.4 is 5.32 Å². The molecule has 2 rings (SSSR count). The Labute approximate surface area is 180 Å². The van der Waals surface area contributed by atoms with E-state index in [1.165, 1.54) is 7.11 Å². The number of carbonyl (C=O) groups is 3. The number of hydrogen-bond donors (Lipinski definition) is 1. The number of aromatic nitrogens is 1. The SMILES string of the molecule is COC(=O)[C@H](C)CP1(=O)OCC(C)(C)[C@H](C(=O)NCCC(=O)OCc2cc(C)on2)O1. The van der Waals surface area contributed by atoms with Crippen LogP contribution in [0.5, 0.6) is 0 Å². The van der Waals surface area contributed by atoms with Crippen LogP contribution in [0.4, 0.5) is 0 Å². The van der Waals surface area contributed by atoms with Gasteiger partial charge in [-0.15, -0.1) is 0 Å². The lowest BCUT2D eigenvalue weighted by molar-refractivity contribution is -0.145. The molecule has 31 heavy (non-hydrogen) atoms. The number of aryl methyl sites for hydroxylation is 1. The third-order valence-corrected chi connectivity index (χ3v) is 6.68. The third kappa shape index (κ3) is 7.15. The van der Waals surface area contributed by atoms with Gasteiger partial charge in [-0.25, -0.2) is 0 Å². The van der Waals surface area contributed by atoms with Gasteiger partial charge in [-0.1, -0.05) is 25.9 Å². The Morgan fingerprint density at radius 3 is 2.71 bits per heavy atom. The summed E-state index contributed by atoms with van der Waals surface area (Å²) in [4.78, 5) is 36.1. The molecule has 0 aliphatic carbocycles. The smallest absolute Gasteiger partial charge is 0.332 e. The van der Waals surface area contributed by atoms with E-state index in [0.29, 0.717) is 11.5 Å².